The number of hydrogen-bond donors (Lipinski definition) is 2. The maximum Gasteiger partial charge on any atom is 0.372 e. The van der Waals surface area contributed by atoms with Gasteiger partial charge in [0.15, 0.2) is 5.82 Å². The smallest absolute Gasteiger partial charge is 0.372 e. The van der Waals surface area contributed by atoms with Crippen molar-refractivity contribution < 1.29 is 20.1 Å². The molecule has 0 amide bonds. The van der Waals surface area contributed by atoms with Gasteiger partial charge < -0.3 is 9.77 Å². The lowest BCUT2D eigenvalue weighted by molar-refractivity contribution is -0.182. The monoisotopic (exact) mass is 364 g/mol. The number of aromatic nitrogens is 4. The van der Waals surface area contributed by atoms with Crippen LogP contribution in [0.1, 0.15) is 23.2 Å². The minimum absolute atomic E-state index is 0.148. The molecule has 1 fully saturated rings. The van der Waals surface area contributed by atoms with Crippen LogP contribution in [0.2, 0.25) is 0 Å². The Kier molecular flexibility index (Phi) is 3.41. The van der Waals surface area contributed by atoms with E-state index in [9.17, 15) is 10.0 Å². The van der Waals surface area contributed by atoms with E-state index in [0.717, 1.165) is 28.0 Å². The zero-order valence-corrected chi connectivity index (χ0v) is 14.2. The molecular formula is C19H16N4O4. The Balaban J connectivity index is 1.70. The highest BCUT2D eigenvalue weighted by Gasteiger charge is 2.26. The van der Waals surface area contributed by atoms with E-state index in [4.69, 9.17) is 5.26 Å². The molecule has 0 bridgehead atoms. The van der Waals surface area contributed by atoms with E-state index in [-0.39, 0.29) is 5.56 Å². The van der Waals surface area contributed by atoms with Crippen LogP contribution in [-0.2, 0) is 11.4 Å². The fourth-order valence-electron chi connectivity index (χ4n) is 3.43. The molecule has 8 nitrogen and oxygen atoms in total. The zero-order valence-electron chi connectivity index (χ0n) is 14.2. The predicted octanol–water partition coefficient (Wildman–Crippen LogP) is 3.33. The Hall–Kier alpha value is -3.39. The lowest BCUT2D eigenvalue weighted by atomic mass is 10.2. The minimum atomic E-state index is -0.877. The summed E-state index contributed by atoms with van der Waals surface area (Å²) in [5.74, 6) is 0.111. The van der Waals surface area contributed by atoms with Gasteiger partial charge in [0.2, 0.25) is 0 Å². The van der Waals surface area contributed by atoms with Crippen molar-refractivity contribution >= 4 is 28.0 Å². The van der Waals surface area contributed by atoms with Crippen molar-refractivity contribution in [1.82, 2.24) is 19.3 Å². The molecule has 1 aromatic carbocycles. The highest BCUT2D eigenvalue weighted by atomic mass is 17.1. The molecule has 4 aromatic rings. The van der Waals surface area contributed by atoms with Gasteiger partial charge in [-0.3, -0.25) is 4.89 Å². The molecule has 1 saturated carbocycles. The predicted molar refractivity (Wildman–Crippen MR) is 96.4 cm³/mol. The molecule has 0 spiro atoms. The van der Waals surface area contributed by atoms with Gasteiger partial charge in [-0.05, 0) is 55.2 Å². The van der Waals surface area contributed by atoms with E-state index in [1.807, 2.05) is 18.2 Å². The van der Waals surface area contributed by atoms with Crippen LogP contribution >= 0.6 is 0 Å². The Morgan fingerprint density at radius 2 is 2.11 bits per heavy atom. The minimum Gasteiger partial charge on any atom is -0.426 e. The molecule has 0 unspecified atom stereocenters. The third-order valence-corrected chi connectivity index (χ3v) is 4.97. The fourth-order valence-corrected chi connectivity index (χ4v) is 3.43. The number of imidazole rings is 1. The van der Waals surface area contributed by atoms with Gasteiger partial charge in [-0.1, -0.05) is 0 Å². The lowest BCUT2D eigenvalue weighted by Gasteiger charge is -2.08. The van der Waals surface area contributed by atoms with Crippen molar-refractivity contribution in [1.29, 1.82) is 0 Å². The van der Waals surface area contributed by atoms with E-state index < -0.39 is 5.97 Å². The van der Waals surface area contributed by atoms with Crippen LogP contribution in [0, 0.1) is 5.92 Å². The van der Waals surface area contributed by atoms with Gasteiger partial charge in [0.05, 0.1) is 16.8 Å². The molecule has 136 valence electrons. The fraction of sp³-hybridized carbons (Fsp3) is 0.211. The third kappa shape index (κ3) is 2.53. The second kappa shape index (κ2) is 5.82. The molecule has 5 rings (SSSR count). The number of fused-ring (bicyclic) bond motifs is 2. The molecule has 27 heavy (non-hydrogen) atoms. The van der Waals surface area contributed by atoms with E-state index >= 15 is 0 Å². The van der Waals surface area contributed by atoms with Crippen molar-refractivity contribution in [2.45, 2.75) is 19.4 Å². The van der Waals surface area contributed by atoms with Crippen molar-refractivity contribution in [3.8, 4) is 11.5 Å². The van der Waals surface area contributed by atoms with Gasteiger partial charge >= 0.3 is 5.97 Å². The van der Waals surface area contributed by atoms with E-state index in [1.165, 1.54) is 25.0 Å². The number of rotatable bonds is 4. The van der Waals surface area contributed by atoms with Crippen LogP contribution in [0.15, 0.2) is 42.6 Å². The molecule has 3 heterocycles. The number of pyridine rings is 1. The van der Waals surface area contributed by atoms with Gasteiger partial charge in [-0.25, -0.2) is 14.8 Å². The Morgan fingerprint density at radius 3 is 2.89 bits per heavy atom. The normalized spacial score (nSPS) is 14.1. The van der Waals surface area contributed by atoms with E-state index in [1.54, 1.807) is 12.3 Å². The summed E-state index contributed by atoms with van der Waals surface area (Å²) in [6.07, 6.45) is 4.13. The largest absolute Gasteiger partial charge is 0.426 e. The van der Waals surface area contributed by atoms with Gasteiger partial charge in [0.25, 0.3) is 0 Å². The molecule has 0 aliphatic heterocycles. The maximum atomic E-state index is 11.5. The van der Waals surface area contributed by atoms with E-state index in [0.29, 0.717) is 22.8 Å². The highest BCUT2D eigenvalue weighted by molar-refractivity contribution is 5.94. The molecule has 0 atom stereocenters. The van der Waals surface area contributed by atoms with Gasteiger partial charge in [0, 0.05) is 18.1 Å². The molecule has 0 saturated heterocycles. The molecule has 8 heteroatoms. The maximum absolute atomic E-state index is 11.5. The van der Waals surface area contributed by atoms with Crippen LogP contribution in [-0.4, -0.2) is 35.7 Å². The number of nitrogens with zero attached hydrogens (tertiary/aromatic N) is 4. The van der Waals surface area contributed by atoms with Crippen LogP contribution in [0.25, 0.3) is 33.6 Å². The van der Waals surface area contributed by atoms with Gasteiger partial charge in [-0.2, -0.15) is 9.99 Å². The quantitative estimate of drug-likeness (QED) is 0.327. The number of carbonyl (C=O) groups excluding carboxylic acids is 1. The first-order valence-corrected chi connectivity index (χ1v) is 8.68. The van der Waals surface area contributed by atoms with Crippen LogP contribution in [0.5, 0.6) is 0 Å². The zero-order chi connectivity index (χ0) is 18.5. The number of benzene rings is 1. The van der Waals surface area contributed by atoms with Gasteiger partial charge in [0.1, 0.15) is 11.2 Å². The summed E-state index contributed by atoms with van der Waals surface area (Å²) in [5, 5.41) is 20.2. The standard InChI is InChI=1S/C19H16N4O4/c24-19(27-26)13-5-6-15-14(8-13)21-18(23(15)25)16-9-12-2-1-7-20-17(12)22(16)10-11-3-4-11/h1-2,5-9,11,25-26H,3-4,10H2. The Morgan fingerprint density at radius 1 is 1.26 bits per heavy atom. The van der Waals surface area contributed by atoms with E-state index in [2.05, 4.69) is 19.4 Å². The molecular weight excluding hydrogens is 348 g/mol. The first kappa shape index (κ1) is 15.8. The summed E-state index contributed by atoms with van der Waals surface area (Å²) >= 11 is 0. The summed E-state index contributed by atoms with van der Waals surface area (Å²) in [7, 11) is 0. The molecule has 1 aliphatic carbocycles. The number of hydrogen-bond acceptors (Lipinski definition) is 6. The van der Waals surface area contributed by atoms with Crippen molar-refractivity contribution in [3.63, 3.8) is 0 Å². The summed E-state index contributed by atoms with van der Waals surface area (Å²) in [6, 6.07) is 10.3. The number of carbonyl (C=O) groups is 1. The van der Waals surface area contributed by atoms with Gasteiger partial charge in [-0.15, -0.1) is 0 Å². The summed E-state index contributed by atoms with van der Waals surface area (Å²) in [4.78, 5) is 24.3. The first-order chi connectivity index (χ1) is 13.2. The van der Waals surface area contributed by atoms with Crippen molar-refractivity contribution in [2.75, 3.05) is 0 Å². The topological polar surface area (TPSA) is 102 Å². The summed E-state index contributed by atoms with van der Waals surface area (Å²) in [5.41, 5.74) is 2.65. The SMILES string of the molecule is O=C(OO)c1ccc2c(c1)nc(-c1cc3cccnc3n1CC1CC1)n2O. The third-order valence-electron chi connectivity index (χ3n) is 4.97. The van der Waals surface area contributed by atoms with Crippen LogP contribution < -0.4 is 0 Å². The van der Waals surface area contributed by atoms with Crippen LogP contribution in [0.4, 0.5) is 0 Å². The van der Waals surface area contributed by atoms with Crippen LogP contribution in [0.3, 0.4) is 0 Å². The second-order valence-corrected chi connectivity index (χ2v) is 6.83. The van der Waals surface area contributed by atoms with Crippen molar-refractivity contribution in [2.24, 2.45) is 5.92 Å². The summed E-state index contributed by atoms with van der Waals surface area (Å²) < 4.78 is 3.10. The molecule has 0 radical (unpaired) electrons. The molecule has 1 aliphatic rings. The molecule has 2 N–H and O–H groups in total. The summed E-state index contributed by atoms with van der Waals surface area (Å²) in [6.45, 7) is 0.821. The lowest BCUT2D eigenvalue weighted by Crippen LogP contribution is -2.05. The Bertz CT molecular complexity index is 1190. The average Bonchev–Trinajstić information content (AvgIpc) is 3.36. The Labute approximate surface area is 153 Å². The highest BCUT2D eigenvalue weighted by Crippen LogP contribution is 2.35. The first-order valence-electron chi connectivity index (χ1n) is 8.68. The van der Waals surface area contributed by atoms with Crippen molar-refractivity contribution in [3.05, 3.63) is 48.2 Å². The average molecular weight is 364 g/mol. The second-order valence-electron chi connectivity index (χ2n) is 6.83. The molecule has 3 aromatic heterocycles.